The molecule has 1 aliphatic rings. The summed E-state index contributed by atoms with van der Waals surface area (Å²) in [7, 11) is 0. The van der Waals surface area contributed by atoms with Crippen LogP contribution >= 0.6 is 24.0 Å². The fourth-order valence-electron chi connectivity index (χ4n) is 2.99. The summed E-state index contributed by atoms with van der Waals surface area (Å²) in [6, 6.07) is 6.62. The number of likely N-dealkylation sites (tertiary alicyclic amines) is 1. The van der Waals surface area contributed by atoms with Gasteiger partial charge in [0.1, 0.15) is 5.82 Å². The van der Waals surface area contributed by atoms with Gasteiger partial charge in [-0.3, -0.25) is 4.79 Å². The van der Waals surface area contributed by atoms with E-state index in [0.717, 1.165) is 19.5 Å². The summed E-state index contributed by atoms with van der Waals surface area (Å²) in [4.78, 5) is 18.6. The summed E-state index contributed by atoms with van der Waals surface area (Å²) >= 11 is 0. The maximum atomic E-state index is 13.7. The van der Waals surface area contributed by atoms with E-state index in [0.29, 0.717) is 37.0 Å². The SMILES string of the molecule is CCNC(=NCc1ccccc1F)NCCC(=O)N1CCCC(C)C1.I. The normalized spacial score (nSPS) is 17.4. The van der Waals surface area contributed by atoms with Crippen LogP contribution in [0.25, 0.3) is 0 Å². The monoisotopic (exact) mass is 476 g/mol. The van der Waals surface area contributed by atoms with Crippen LogP contribution < -0.4 is 10.6 Å². The van der Waals surface area contributed by atoms with Crippen molar-refractivity contribution in [2.45, 2.75) is 39.7 Å². The van der Waals surface area contributed by atoms with Gasteiger partial charge in [0.05, 0.1) is 6.54 Å². The average Bonchev–Trinajstić information content (AvgIpc) is 2.60. The van der Waals surface area contributed by atoms with Crippen molar-refractivity contribution in [3.05, 3.63) is 35.6 Å². The molecule has 146 valence electrons. The first-order valence-electron chi connectivity index (χ1n) is 9.13. The molecule has 0 radical (unpaired) electrons. The highest BCUT2D eigenvalue weighted by molar-refractivity contribution is 14.0. The highest BCUT2D eigenvalue weighted by Gasteiger charge is 2.20. The Labute approximate surface area is 172 Å². The van der Waals surface area contributed by atoms with Crippen LogP contribution in [0.2, 0.25) is 0 Å². The first-order chi connectivity index (χ1) is 12.1. The van der Waals surface area contributed by atoms with Gasteiger partial charge < -0.3 is 15.5 Å². The Morgan fingerprint density at radius 2 is 2.12 bits per heavy atom. The van der Waals surface area contributed by atoms with Crippen molar-refractivity contribution >= 4 is 35.8 Å². The molecule has 1 atom stereocenters. The number of hydrogen-bond acceptors (Lipinski definition) is 2. The van der Waals surface area contributed by atoms with Crippen molar-refractivity contribution < 1.29 is 9.18 Å². The number of halogens is 2. The molecule has 5 nitrogen and oxygen atoms in total. The van der Waals surface area contributed by atoms with Gasteiger partial charge in [0.25, 0.3) is 0 Å². The quantitative estimate of drug-likeness (QED) is 0.377. The third kappa shape index (κ3) is 7.47. The lowest BCUT2D eigenvalue weighted by molar-refractivity contribution is -0.132. The number of hydrogen-bond donors (Lipinski definition) is 2. The molecule has 26 heavy (non-hydrogen) atoms. The average molecular weight is 476 g/mol. The second-order valence-corrected chi connectivity index (χ2v) is 6.55. The van der Waals surface area contributed by atoms with E-state index in [1.165, 1.54) is 12.5 Å². The van der Waals surface area contributed by atoms with Crippen LogP contribution in [0.3, 0.4) is 0 Å². The van der Waals surface area contributed by atoms with Crippen molar-refractivity contribution in [3.8, 4) is 0 Å². The Morgan fingerprint density at radius 1 is 1.35 bits per heavy atom. The number of rotatable bonds is 6. The van der Waals surface area contributed by atoms with Crippen molar-refractivity contribution in [1.82, 2.24) is 15.5 Å². The van der Waals surface area contributed by atoms with E-state index in [4.69, 9.17) is 0 Å². The van der Waals surface area contributed by atoms with Crippen molar-refractivity contribution in [3.63, 3.8) is 0 Å². The van der Waals surface area contributed by atoms with Crippen LogP contribution in [0.5, 0.6) is 0 Å². The number of amides is 1. The molecule has 0 spiro atoms. The zero-order valence-corrected chi connectivity index (χ0v) is 18.0. The number of piperidine rings is 1. The van der Waals surface area contributed by atoms with E-state index < -0.39 is 0 Å². The summed E-state index contributed by atoms with van der Waals surface area (Å²) in [5, 5.41) is 6.28. The molecule has 0 aliphatic carbocycles. The first-order valence-corrected chi connectivity index (χ1v) is 9.13. The second kappa shape index (κ2) is 12.1. The molecule has 1 unspecified atom stereocenters. The zero-order valence-electron chi connectivity index (χ0n) is 15.6. The number of benzene rings is 1. The van der Waals surface area contributed by atoms with E-state index in [2.05, 4.69) is 22.5 Å². The minimum absolute atomic E-state index is 0. The van der Waals surface area contributed by atoms with Crippen LogP contribution in [0.4, 0.5) is 4.39 Å². The highest BCUT2D eigenvalue weighted by Crippen LogP contribution is 2.15. The first kappa shape index (κ1) is 22.7. The molecular formula is C19H30FIN4O. The van der Waals surface area contributed by atoms with Crippen LogP contribution in [-0.4, -0.2) is 42.9 Å². The summed E-state index contributed by atoms with van der Waals surface area (Å²) in [5.74, 6) is 1.12. The van der Waals surface area contributed by atoms with Crippen LogP contribution in [0.1, 0.15) is 38.7 Å². The van der Waals surface area contributed by atoms with Crippen LogP contribution in [0.15, 0.2) is 29.3 Å². The number of carbonyl (C=O) groups excluding carboxylic acids is 1. The molecule has 1 amide bonds. The number of guanidine groups is 1. The van der Waals surface area contributed by atoms with Crippen molar-refractivity contribution in [1.29, 1.82) is 0 Å². The Kier molecular flexibility index (Phi) is 10.5. The van der Waals surface area contributed by atoms with E-state index in [1.54, 1.807) is 18.2 Å². The van der Waals surface area contributed by atoms with Gasteiger partial charge in [-0.2, -0.15) is 0 Å². The predicted molar refractivity (Wildman–Crippen MR) is 114 cm³/mol. The van der Waals surface area contributed by atoms with Gasteiger partial charge >= 0.3 is 0 Å². The maximum absolute atomic E-state index is 13.7. The third-order valence-electron chi connectivity index (χ3n) is 4.35. The Bertz CT molecular complexity index is 597. The van der Waals surface area contributed by atoms with Crippen molar-refractivity contribution in [2.24, 2.45) is 10.9 Å². The van der Waals surface area contributed by atoms with Crippen molar-refractivity contribution in [2.75, 3.05) is 26.2 Å². The molecule has 1 aromatic rings. The van der Waals surface area contributed by atoms with Gasteiger partial charge in [0.2, 0.25) is 5.91 Å². The summed E-state index contributed by atoms with van der Waals surface area (Å²) in [6.45, 7) is 7.38. The molecular weight excluding hydrogens is 446 g/mol. The van der Waals surface area contributed by atoms with E-state index in [9.17, 15) is 9.18 Å². The highest BCUT2D eigenvalue weighted by atomic mass is 127. The summed E-state index contributed by atoms with van der Waals surface area (Å²) < 4.78 is 13.7. The van der Waals surface area contributed by atoms with Gasteiger partial charge in [0, 0.05) is 38.2 Å². The molecule has 1 aromatic carbocycles. The fourth-order valence-corrected chi connectivity index (χ4v) is 2.99. The summed E-state index contributed by atoms with van der Waals surface area (Å²) in [6.07, 6.45) is 2.74. The third-order valence-corrected chi connectivity index (χ3v) is 4.35. The minimum atomic E-state index is -0.253. The zero-order chi connectivity index (χ0) is 18.1. The Balaban J connectivity index is 0.00000338. The molecule has 1 saturated heterocycles. The van der Waals surface area contributed by atoms with E-state index >= 15 is 0 Å². The number of carbonyl (C=O) groups is 1. The lowest BCUT2D eigenvalue weighted by Gasteiger charge is -2.31. The largest absolute Gasteiger partial charge is 0.357 e. The topological polar surface area (TPSA) is 56.7 Å². The molecule has 2 rings (SSSR count). The van der Waals surface area contributed by atoms with Gasteiger partial charge in [0.15, 0.2) is 5.96 Å². The summed E-state index contributed by atoms with van der Waals surface area (Å²) in [5.41, 5.74) is 0.554. The molecule has 7 heteroatoms. The molecule has 2 N–H and O–H groups in total. The minimum Gasteiger partial charge on any atom is -0.357 e. The smallest absolute Gasteiger partial charge is 0.224 e. The van der Waals surface area contributed by atoms with Gasteiger partial charge in [-0.1, -0.05) is 25.1 Å². The van der Waals surface area contributed by atoms with Gasteiger partial charge in [-0.25, -0.2) is 9.38 Å². The predicted octanol–water partition coefficient (Wildman–Crippen LogP) is 3.15. The standard InChI is InChI=1S/C19H29FN4O.HI/c1-3-21-19(23-13-16-8-4-5-9-17(16)20)22-11-10-18(25)24-12-6-7-15(2)14-24;/h4-5,8-9,15H,3,6-7,10-14H2,1-2H3,(H2,21,22,23);1H. The number of aliphatic imine (C=N–C) groups is 1. The Hall–Kier alpha value is -1.38. The Morgan fingerprint density at radius 3 is 2.81 bits per heavy atom. The van der Waals surface area contributed by atoms with Crippen LogP contribution in [-0.2, 0) is 11.3 Å². The maximum Gasteiger partial charge on any atom is 0.224 e. The molecule has 1 aliphatic heterocycles. The van der Waals surface area contributed by atoms with Gasteiger partial charge in [-0.05, 0) is 31.7 Å². The fraction of sp³-hybridized carbons (Fsp3) is 0.579. The molecule has 0 saturated carbocycles. The van der Waals surface area contributed by atoms with Crippen LogP contribution in [0, 0.1) is 11.7 Å². The van der Waals surface area contributed by atoms with Gasteiger partial charge in [-0.15, -0.1) is 24.0 Å². The number of nitrogens with zero attached hydrogens (tertiary/aromatic N) is 2. The molecule has 1 fully saturated rings. The lowest BCUT2D eigenvalue weighted by atomic mass is 10.00. The molecule has 1 heterocycles. The van der Waals surface area contributed by atoms with E-state index in [1.807, 2.05) is 11.8 Å². The molecule has 0 aromatic heterocycles. The second-order valence-electron chi connectivity index (χ2n) is 6.55. The van der Waals surface area contributed by atoms with E-state index in [-0.39, 0.29) is 42.2 Å². The number of nitrogens with one attached hydrogen (secondary N) is 2. The molecule has 0 bridgehead atoms. The lowest BCUT2D eigenvalue weighted by Crippen LogP contribution is -2.42.